The number of hydrogen-bond acceptors (Lipinski definition) is 5. The van der Waals surface area contributed by atoms with Crippen LogP contribution in [0.1, 0.15) is 329 Å². The molecule has 0 radical (unpaired) electrons. The number of unbranched alkanes of at least 4 members (excludes halogenated alkanes) is 40. The minimum atomic E-state index is -0.411. The first kappa shape index (κ1) is 66.1. The monoisotopic (exact) mass is 955 g/mol. The summed E-state index contributed by atoms with van der Waals surface area (Å²) >= 11 is 0. The summed E-state index contributed by atoms with van der Waals surface area (Å²) in [4.78, 5) is 25.3. The lowest BCUT2D eigenvalue weighted by Gasteiger charge is -2.18. The van der Waals surface area contributed by atoms with Crippen molar-refractivity contribution in [1.82, 2.24) is 0 Å². The summed E-state index contributed by atoms with van der Waals surface area (Å²) in [6.07, 6.45) is 73.4. The molecular formula is C63H118O5. The summed E-state index contributed by atoms with van der Waals surface area (Å²) in [5.41, 5.74) is 0. The molecule has 0 saturated heterocycles. The van der Waals surface area contributed by atoms with E-state index in [0.717, 1.165) is 57.8 Å². The largest absolute Gasteiger partial charge is 0.463 e. The molecular weight excluding hydrogens is 837 g/mol. The van der Waals surface area contributed by atoms with Crippen LogP contribution in [0, 0.1) is 0 Å². The molecule has 0 aliphatic carbocycles. The Bertz CT molecular complexity index is 1080. The molecule has 68 heavy (non-hydrogen) atoms. The van der Waals surface area contributed by atoms with Crippen molar-refractivity contribution in [2.75, 3.05) is 19.8 Å². The molecule has 0 aliphatic heterocycles. The van der Waals surface area contributed by atoms with Crippen molar-refractivity contribution in [3.8, 4) is 0 Å². The molecule has 1 atom stereocenters. The van der Waals surface area contributed by atoms with Gasteiger partial charge in [-0.25, -0.2) is 0 Å². The zero-order valence-corrected chi connectivity index (χ0v) is 46.1. The van der Waals surface area contributed by atoms with Crippen LogP contribution in [0.5, 0.6) is 0 Å². The van der Waals surface area contributed by atoms with Crippen molar-refractivity contribution >= 4 is 11.9 Å². The normalized spacial score (nSPS) is 12.3. The zero-order valence-electron chi connectivity index (χ0n) is 46.1. The molecule has 0 N–H and O–H groups in total. The lowest BCUT2D eigenvalue weighted by Crippen LogP contribution is -2.29. The number of hydrogen-bond donors (Lipinski definition) is 0. The molecule has 0 rings (SSSR count). The third kappa shape index (κ3) is 56.7. The second kappa shape index (κ2) is 59.4. The Morgan fingerprint density at radius 1 is 0.309 bits per heavy atom. The highest BCUT2D eigenvalue weighted by molar-refractivity contribution is 5.69. The number of esters is 2. The van der Waals surface area contributed by atoms with E-state index in [9.17, 15) is 9.59 Å². The smallest absolute Gasteiger partial charge is 0.305 e. The maximum absolute atomic E-state index is 12.7. The molecule has 400 valence electrons. The van der Waals surface area contributed by atoms with Crippen LogP contribution in [0.2, 0.25) is 0 Å². The Hall–Kier alpha value is -1.88. The molecule has 5 nitrogen and oxygen atoms in total. The molecule has 0 aromatic carbocycles. The van der Waals surface area contributed by atoms with Gasteiger partial charge in [0.15, 0.2) is 0 Å². The molecule has 0 spiro atoms. The van der Waals surface area contributed by atoms with E-state index >= 15 is 0 Å². The molecule has 5 heteroatoms. The van der Waals surface area contributed by atoms with Crippen molar-refractivity contribution in [2.45, 2.75) is 335 Å². The Labute approximate surface area is 425 Å². The van der Waals surface area contributed by atoms with Gasteiger partial charge in [0.25, 0.3) is 0 Å². The maximum atomic E-state index is 12.7. The summed E-state index contributed by atoms with van der Waals surface area (Å²) < 4.78 is 17.5. The zero-order chi connectivity index (χ0) is 49.2. The highest BCUT2D eigenvalue weighted by atomic mass is 16.6. The number of rotatable bonds is 57. The quantitative estimate of drug-likeness (QED) is 0.0345. The molecule has 0 unspecified atom stereocenters. The first-order valence-corrected chi connectivity index (χ1v) is 30.5. The topological polar surface area (TPSA) is 61.8 Å². The van der Waals surface area contributed by atoms with Gasteiger partial charge in [-0.2, -0.15) is 0 Å². The summed E-state index contributed by atoms with van der Waals surface area (Å²) in [6, 6.07) is 0. The van der Waals surface area contributed by atoms with E-state index in [2.05, 4.69) is 57.2 Å². The van der Waals surface area contributed by atoms with E-state index in [-0.39, 0.29) is 25.2 Å². The minimum absolute atomic E-state index is 0.143. The van der Waals surface area contributed by atoms with Gasteiger partial charge >= 0.3 is 11.9 Å². The van der Waals surface area contributed by atoms with Crippen LogP contribution < -0.4 is 0 Å². The SMILES string of the molecule is CCCCC/C=C\C/C=C\C/C=C\CCCCC(=O)OC[C@H](COC(=O)CCCCCCCCCCCCCCCCCCCCCCC)OCCCCCCCCCCCCCCCCCC. The Kier molecular flexibility index (Phi) is 57.8. The maximum Gasteiger partial charge on any atom is 0.305 e. The second-order valence-corrected chi connectivity index (χ2v) is 20.6. The molecule has 0 saturated carbocycles. The Morgan fingerprint density at radius 3 is 0.897 bits per heavy atom. The summed E-state index contributed by atoms with van der Waals surface area (Å²) in [5.74, 6) is -0.357. The Balaban J connectivity index is 4.22. The predicted molar refractivity (Wildman–Crippen MR) is 298 cm³/mol. The van der Waals surface area contributed by atoms with Crippen molar-refractivity contribution < 1.29 is 23.8 Å². The highest BCUT2D eigenvalue weighted by Crippen LogP contribution is 2.17. The fraction of sp³-hybridized carbons (Fsp3) is 0.873. The van der Waals surface area contributed by atoms with E-state index in [4.69, 9.17) is 14.2 Å². The molecule has 0 amide bonds. The molecule has 0 heterocycles. The molecule has 0 aromatic heterocycles. The van der Waals surface area contributed by atoms with Crippen molar-refractivity contribution in [3.05, 3.63) is 36.5 Å². The van der Waals surface area contributed by atoms with Crippen LogP contribution in [0.15, 0.2) is 36.5 Å². The number of carbonyl (C=O) groups excluding carboxylic acids is 2. The standard InChI is InChI=1S/C63H118O5/c1-4-7-10-13-16-19-22-25-28-30-31-32-33-34-36-39-42-45-48-51-54-57-63(65)68-60-61(66-58-55-52-49-46-43-40-37-29-26-23-20-17-14-11-8-5-2)59-67-62(64)56-53-50-47-44-41-38-35-27-24-21-18-15-12-9-6-3/h18,21,27,35,41,44,61H,4-17,19-20,22-26,28-34,36-40,42-43,45-60H2,1-3H3/b21-18-,35-27-,44-41-/t61-/m1/s1. The molecule has 0 bridgehead atoms. The lowest BCUT2D eigenvalue weighted by molar-refractivity contribution is -0.155. The Morgan fingerprint density at radius 2 is 0.559 bits per heavy atom. The van der Waals surface area contributed by atoms with Gasteiger partial charge in [-0.3, -0.25) is 9.59 Å². The third-order valence-electron chi connectivity index (χ3n) is 13.7. The van der Waals surface area contributed by atoms with Gasteiger partial charge in [0.05, 0.1) is 0 Å². The van der Waals surface area contributed by atoms with Gasteiger partial charge in [-0.05, 0) is 57.8 Å². The van der Waals surface area contributed by atoms with Crippen LogP contribution in [-0.4, -0.2) is 37.9 Å². The summed E-state index contributed by atoms with van der Waals surface area (Å²) in [7, 11) is 0. The average Bonchev–Trinajstić information content (AvgIpc) is 3.34. The molecule has 0 aliphatic rings. The average molecular weight is 956 g/mol. The molecule has 0 aromatic rings. The lowest BCUT2D eigenvalue weighted by atomic mass is 10.0. The fourth-order valence-corrected chi connectivity index (χ4v) is 9.08. The van der Waals surface area contributed by atoms with Crippen molar-refractivity contribution in [1.29, 1.82) is 0 Å². The van der Waals surface area contributed by atoms with Crippen LogP contribution in [0.4, 0.5) is 0 Å². The first-order valence-electron chi connectivity index (χ1n) is 30.5. The van der Waals surface area contributed by atoms with Crippen LogP contribution >= 0.6 is 0 Å². The molecule has 0 fully saturated rings. The van der Waals surface area contributed by atoms with Gasteiger partial charge < -0.3 is 14.2 Å². The summed E-state index contributed by atoms with van der Waals surface area (Å²) in [6.45, 7) is 7.73. The van der Waals surface area contributed by atoms with E-state index in [1.807, 2.05) is 0 Å². The van der Waals surface area contributed by atoms with E-state index < -0.39 is 6.10 Å². The minimum Gasteiger partial charge on any atom is -0.463 e. The second-order valence-electron chi connectivity index (χ2n) is 20.6. The van der Waals surface area contributed by atoms with E-state index in [0.29, 0.717) is 19.4 Å². The van der Waals surface area contributed by atoms with Gasteiger partial charge in [0.2, 0.25) is 0 Å². The number of ether oxygens (including phenoxy) is 3. The van der Waals surface area contributed by atoms with Crippen LogP contribution in [-0.2, 0) is 23.8 Å². The number of allylic oxidation sites excluding steroid dienone is 6. The predicted octanol–water partition coefficient (Wildman–Crippen LogP) is 20.9. The van der Waals surface area contributed by atoms with Gasteiger partial charge in [0.1, 0.15) is 19.3 Å². The van der Waals surface area contributed by atoms with Crippen molar-refractivity contribution in [2.24, 2.45) is 0 Å². The van der Waals surface area contributed by atoms with Gasteiger partial charge in [0, 0.05) is 19.4 Å². The third-order valence-corrected chi connectivity index (χ3v) is 13.7. The van der Waals surface area contributed by atoms with Gasteiger partial charge in [-0.1, -0.05) is 295 Å². The van der Waals surface area contributed by atoms with E-state index in [1.54, 1.807) is 0 Å². The van der Waals surface area contributed by atoms with Crippen molar-refractivity contribution in [3.63, 3.8) is 0 Å². The van der Waals surface area contributed by atoms with E-state index in [1.165, 1.54) is 238 Å². The number of carbonyl (C=O) groups is 2. The van der Waals surface area contributed by atoms with Crippen LogP contribution in [0.3, 0.4) is 0 Å². The fourth-order valence-electron chi connectivity index (χ4n) is 9.08. The first-order chi connectivity index (χ1) is 33.6. The summed E-state index contributed by atoms with van der Waals surface area (Å²) in [5, 5.41) is 0. The van der Waals surface area contributed by atoms with Gasteiger partial charge in [-0.15, -0.1) is 0 Å². The highest BCUT2D eigenvalue weighted by Gasteiger charge is 2.16. The van der Waals surface area contributed by atoms with Crippen LogP contribution in [0.25, 0.3) is 0 Å².